The Morgan fingerprint density at radius 3 is 3.16 bits per heavy atom. The number of carbonyl (C=O) groups is 2. The Hall–Kier alpha value is -1.84. The van der Waals surface area contributed by atoms with Crippen molar-refractivity contribution in [3.63, 3.8) is 0 Å². The quantitative estimate of drug-likeness (QED) is 0.713. The van der Waals surface area contributed by atoms with Crippen LogP contribution < -0.4 is 5.32 Å². The van der Waals surface area contributed by atoms with Gasteiger partial charge in [0.05, 0.1) is 9.75 Å². The standard InChI is InChI=1S/C13H14N2O3S/c1-9-12(17)14-6-7-15(9)13(18)11-5-4-10(19-11)3-2-8-16/h4-5,9,16H,6-8H2,1H3,(H,14,17). The van der Waals surface area contributed by atoms with Gasteiger partial charge in [-0.1, -0.05) is 11.8 Å². The summed E-state index contributed by atoms with van der Waals surface area (Å²) in [5.41, 5.74) is 0. The van der Waals surface area contributed by atoms with Crippen LogP contribution in [0.4, 0.5) is 0 Å². The van der Waals surface area contributed by atoms with Gasteiger partial charge in [0, 0.05) is 13.1 Å². The third kappa shape index (κ3) is 2.95. The zero-order chi connectivity index (χ0) is 13.8. The molecule has 2 N–H and O–H groups in total. The Kier molecular flexibility index (Phi) is 4.20. The Morgan fingerprint density at radius 2 is 2.42 bits per heavy atom. The minimum Gasteiger partial charge on any atom is -0.384 e. The second-order valence-electron chi connectivity index (χ2n) is 4.09. The molecule has 0 aromatic carbocycles. The fraction of sp³-hybridized carbons (Fsp3) is 0.385. The van der Waals surface area contributed by atoms with E-state index in [1.54, 1.807) is 24.0 Å². The number of nitrogens with zero attached hydrogens (tertiary/aromatic N) is 1. The van der Waals surface area contributed by atoms with Gasteiger partial charge in [-0.3, -0.25) is 9.59 Å². The third-order valence-corrected chi connectivity index (χ3v) is 3.86. The fourth-order valence-electron chi connectivity index (χ4n) is 1.85. The molecule has 0 bridgehead atoms. The minimum absolute atomic E-state index is 0.128. The van der Waals surface area contributed by atoms with Crippen LogP contribution in [0.3, 0.4) is 0 Å². The van der Waals surface area contributed by atoms with Crippen molar-refractivity contribution in [2.75, 3.05) is 19.7 Å². The van der Waals surface area contributed by atoms with E-state index in [0.717, 1.165) is 4.88 Å². The van der Waals surface area contributed by atoms with Crippen LogP contribution in [0.1, 0.15) is 21.5 Å². The lowest BCUT2D eigenvalue weighted by molar-refractivity contribution is -0.127. The van der Waals surface area contributed by atoms with E-state index in [2.05, 4.69) is 17.2 Å². The van der Waals surface area contributed by atoms with Gasteiger partial charge in [0.2, 0.25) is 5.91 Å². The number of nitrogens with one attached hydrogen (secondary N) is 1. The molecule has 1 aliphatic rings. The van der Waals surface area contributed by atoms with Crippen molar-refractivity contribution in [2.24, 2.45) is 0 Å². The molecule has 1 aliphatic heterocycles. The zero-order valence-corrected chi connectivity index (χ0v) is 11.3. The van der Waals surface area contributed by atoms with Crippen LogP contribution in [0.2, 0.25) is 0 Å². The monoisotopic (exact) mass is 278 g/mol. The van der Waals surface area contributed by atoms with Gasteiger partial charge >= 0.3 is 0 Å². The van der Waals surface area contributed by atoms with Gasteiger partial charge in [-0.25, -0.2) is 0 Å². The molecule has 2 rings (SSSR count). The van der Waals surface area contributed by atoms with Gasteiger partial charge in [-0.05, 0) is 19.1 Å². The predicted molar refractivity (Wildman–Crippen MR) is 71.8 cm³/mol. The van der Waals surface area contributed by atoms with E-state index in [1.807, 2.05) is 0 Å². The molecule has 2 heterocycles. The van der Waals surface area contributed by atoms with Crippen molar-refractivity contribution < 1.29 is 14.7 Å². The summed E-state index contributed by atoms with van der Waals surface area (Å²) in [6.07, 6.45) is 0. The molecule has 1 aromatic rings. The second kappa shape index (κ2) is 5.87. The van der Waals surface area contributed by atoms with Crippen LogP contribution in [0.5, 0.6) is 0 Å². The first-order valence-electron chi connectivity index (χ1n) is 5.91. The molecule has 2 amide bonds. The summed E-state index contributed by atoms with van der Waals surface area (Å²) in [5.74, 6) is 5.02. The summed E-state index contributed by atoms with van der Waals surface area (Å²) in [6.45, 7) is 2.51. The SMILES string of the molecule is CC1C(=O)NCCN1C(=O)c1ccc(C#CCO)s1. The van der Waals surface area contributed by atoms with Crippen LogP contribution in [-0.4, -0.2) is 47.6 Å². The Balaban J connectivity index is 2.15. The molecule has 1 fully saturated rings. The summed E-state index contributed by atoms with van der Waals surface area (Å²) >= 11 is 1.27. The third-order valence-electron chi connectivity index (χ3n) is 2.87. The van der Waals surface area contributed by atoms with E-state index in [4.69, 9.17) is 5.11 Å². The van der Waals surface area contributed by atoms with Crippen molar-refractivity contribution in [1.82, 2.24) is 10.2 Å². The highest BCUT2D eigenvalue weighted by Gasteiger charge is 2.30. The maximum Gasteiger partial charge on any atom is 0.264 e. The van der Waals surface area contributed by atoms with Gasteiger partial charge in [0.1, 0.15) is 12.6 Å². The number of thiophene rings is 1. The molecule has 1 aromatic heterocycles. The van der Waals surface area contributed by atoms with E-state index in [-0.39, 0.29) is 18.4 Å². The zero-order valence-electron chi connectivity index (χ0n) is 10.5. The summed E-state index contributed by atoms with van der Waals surface area (Å²) in [4.78, 5) is 26.7. The lowest BCUT2D eigenvalue weighted by atomic mass is 10.2. The van der Waals surface area contributed by atoms with Crippen molar-refractivity contribution in [1.29, 1.82) is 0 Å². The van der Waals surface area contributed by atoms with Gasteiger partial charge in [-0.15, -0.1) is 11.3 Å². The average Bonchev–Trinajstić information content (AvgIpc) is 2.87. The molecule has 1 atom stereocenters. The number of aliphatic hydroxyl groups is 1. The number of amides is 2. The number of aliphatic hydroxyl groups excluding tert-OH is 1. The van der Waals surface area contributed by atoms with Gasteiger partial charge in [0.25, 0.3) is 5.91 Å². The lowest BCUT2D eigenvalue weighted by Gasteiger charge is -2.32. The number of piperazine rings is 1. The number of hydrogen-bond acceptors (Lipinski definition) is 4. The molecule has 0 radical (unpaired) electrons. The van der Waals surface area contributed by atoms with E-state index in [9.17, 15) is 9.59 Å². The molecule has 0 saturated carbocycles. The maximum atomic E-state index is 12.3. The topological polar surface area (TPSA) is 69.6 Å². The molecule has 1 unspecified atom stereocenters. The highest BCUT2D eigenvalue weighted by molar-refractivity contribution is 7.14. The summed E-state index contributed by atoms with van der Waals surface area (Å²) < 4.78 is 0. The predicted octanol–water partition coefficient (Wildman–Crippen LogP) is 0.0524. The normalized spacial score (nSPS) is 18.5. The Bertz CT molecular complexity index is 556. The average molecular weight is 278 g/mol. The lowest BCUT2D eigenvalue weighted by Crippen LogP contribution is -2.55. The maximum absolute atomic E-state index is 12.3. The molecule has 1 saturated heterocycles. The molecule has 5 nitrogen and oxygen atoms in total. The smallest absolute Gasteiger partial charge is 0.264 e. The van der Waals surface area contributed by atoms with Crippen LogP contribution in [0.15, 0.2) is 12.1 Å². The number of rotatable bonds is 1. The summed E-state index contributed by atoms with van der Waals surface area (Å²) in [5, 5.41) is 11.3. The first kappa shape index (κ1) is 13.6. The Morgan fingerprint density at radius 1 is 1.63 bits per heavy atom. The van der Waals surface area contributed by atoms with Crippen LogP contribution in [0.25, 0.3) is 0 Å². The summed E-state index contributed by atoms with van der Waals surface area (Å²) in [7, 11) is 0. The van der Waals surface area contributed by atoms with Crippen molar-refractivity contribution in [3.05, 3.63) is 21.9 Å². The molecular formula is C13H14N2O3S. The largest absolute Gasteiger partial charge is 0.384 e. The van der Waals surface area contributed by atoms with Crippen LogP contribution >= 0.6 is 11.3 Å². The first-order chi connectivity index (χ1) is 9.13. The number of hydrogen-bond donors (Lipinski definition) is 2. The number of carbonyl (C=O) groups excluding carboxylic acids is 2. The summed E-state index contributed by atoms with van der Waals surface area (Å²) in [6, 6.07) is 3.00. The van der Waals surface area contributed by atoms with E-state index in [0.29, 0.717) is 18.0 Å². The van der Waals surface area contributed by atoms with Crippen molar-refractivity contribution in [2.45, 2.75) is 13.0 Å². The van der Waals surface area contributed by atoms with Gasteiger partial charge in [0.15, 0.2) is 0 Å². The Labute approximate surface area is 115 Å². The van der Waals surface area contributed by atoms with Crippen molar-refractivity contribution in [3.8, 4) is 11.8 Å². The molecule has 6 heteroatoms. The van der Waals surface area contributed by atoms with Crippen LogP contribution in [0, 0.1) is 11.8 Å². The minimum atomic E-state index is -0.449. The molecular weight excluding hydrogens is 264 g/mol. The van der Waals surface area contributed by atoms with Crippen molar-refractivity contribution >= 4 is 23.2 Å². The van der Waals surface area contributed by atoms with E-state index in [1.165, 1.54) is 11.3 Å². The van der Waals surface area contributed by atoms with E-state index < -0.39 is 6.04 Å². The fourth-order valence-corrected chi connectivity index (χ4v) is 2.68. The van der Waals surface area contributed by atoms with Gasteiger partial charge in [-0.2, -0.15) is 0 Å². The molecule has 100 valence electrons. The molecule has 0 aliphatic carbocycles. The second-order valence-corrected chi connectivity index (χ2v) is 5.17. The molecule has 19 heavy (non-hydrogen) atoms. The van der Waals surface area contributed by atoms with Gasteiger partial charge < -0.3 is 15.3 Å². The highest BCUT2D eigenvalue weighted by atomic mass is 32.1. The first-order valence-corrected chi connectivity index (χ1v) is 6.73. The van der Waals surface area contributed by atoms with Crippen LogP contribution in [-0.2, 0) is 4.79 Å². The highest BCUT2D eigenvalue weighted by Crippen LogP contribution is 2.19. The molecule has 0 spiro atoms. The van der Waals surface area contributed by atoms with E-state index >= 15 is 0 Å².